The fourth-order valence-corrected chi connectivity index (χ4v) is 2.76. The quantitative estimate of drug-likeness (QED) is 0.630. The van der Waals surface area contributed by atoms with E-state index in [4.69, 9.17) is 5.73 Å². The van der Waals surface area contributed by atoms with E-state index in [1.54, 1.807) is 29.1 Å². The molecule has 9 nitrogen and oxygen atoms in total. The number of nitrogens with zero attached hydrogens (tertiary/aromatic N) is 5. The van der Waals surface area contributed by atoms with Crippen molar-refractivity contribution in [2.24, 2.45) is 12.8 Å². The number of amides is 2. The van der Waals surface area contributed by atoms with Crippen LogP contribution in [0.25, 0.3) is 5.69 Å². The fraction of sp³-hybridized carbons (Fsp3) is 0.133. The fourth-order valence-electron chi connectivity index (χ4n) is 2.02. The van der Waals surface area contributed by atoms with Crippen LogP contribution < -0.4 is 11.1 Å². The Hall–Kier alpha value is -3.14. The molecule has 10 heteroatoms. The van der Waals surface area contributed by atoms with Gasteiger partial charge in [-0.25, -0.2) is 4.98 Å². The molecule has 2 amide bonds. The molecule has 0 spiro atoms. The van der Waals surface area contributed by atoms with Gasteiger partial charge in [-0.15, -0.1) is 15.0 Å². The molecule has 2 heterocycles. The van der Waals surface area contributed by atoms with Crippen LogP contribution in [0.2, 0.25) is 0 Å². The van der Waals surface area contributed by atoms with Crippen molar-refractivity contribution in [3.8, 4) is 5.69 Å². The zero-order valence-corrected chi connectivity index (χ0v) is 14.1. The number of hydrogen-bond acceptors (Lipinski definition) is 6. The first-order valence-corrected chi connectivity index (χ1v) is 8.25. The number of primary amides is 1. The molecule has 128 valence electrons. The van der Waals surface area contributed by atoms with Gasteiger partial charge in [0.15, 0.2) is 16.7 Å². The first-order valence-electron chi connectivity index (χ1n) is 7.27. The Morgan fingerprint density at radius 1 is 1.24 bits per heavy atom. The summed E-state index contributed by atoms with van der Waals surface area (Å²) in [5, 5.41) is 11.5. The highest BCUT2D eigenvalue weighted by atomic mass is 32.2. The molecular weight excluding hydrogens is 342 g/mol. The Kier molecular flexibility index (Phi) is 4.80. The van der Waals surface area contributed by atoms with E-state index in [2.05, 4.69) is 20.5 Å². The zero-order chi connectivity index (χ0) is 17.8. The average molecular weight is 357 g/mol. The standard InChI is InChI=1S/C15H15N7O2S/c1-21-8-7-17-15(21)25-9-11(23)18-14-12(13(16)24)19-22(20-14)10-5-3-2-4-6-10/h2-8H,9H2,1H3,(H2,16,24)(H,18,20,23). The van der Waals surface area contributed by atoms with E-state index in [0.29, 0.717) is 10.8 Å². The van der Waals surface area contributed by atoms with Gasteiger partial charge < -0.3 is 15.6 Å². The number of rotatable bonds is 6. The second-order valence-corrected chi connectivity index (χ2v) is 5.99. The lowest BCUT2D eigenvalue weighted by Gasteiger charge is -2.03. The van der Waals surface area contributed by atoms with Crippen LogP contribution in [-0.4, -0.2) is 42.1 Å². The number of aryl methyl sites for hydroxylation is 1. The Bertz CT molecular complexity index is 904. The average Bonchev–Trinajstić information content (AvgIpc) is 3.20. The lowest BCUT2D eigenvalue weighted by atomic mass is 10.3. The van der Waals surface area contributed by atoms with Crippen molar-refractivity contribution >= 4 is 29.4 Å². The Balaban J connectivity index is 1.74. The summed E-state index contributed by atoms with van der Waals surface area (Å²) >= 11 is 1.27. The molecule has 3 aromatic rings. The van der Waals surface area contributed by atoms with Crippen LogP contribution in [0.1, 0.15) is 10.5 Å². The highest BCUT2D eigenvalue weighted by molar-refractivity contribution is 7.99. The van der Waals surface area contributed by atoms with Crippen molar-refractivity contribution in [1.82, 2.24) is 24.5 Å². The number of nitrogens with one attached hydrogen (secondary N) is 1. The zero-order valence-electron chi connectivity index (χ0n) is 13.3. The summed E-state index contributed by atoms with van der Waals surface area (Å²) in [6.45, 7) is 0. The highest BCUT2D eigenvalue weighted by Crippen LogP contribution is 2.16. The predicted molar refractivity (Wildman–Crippen MR) is 92.4 cm³/mol. The molecule has 0 aliphatic rings. The van der Waals surface area contributed by atoms with Gasteiger partial charge in [0.05, 0.1) is 11.4 Å². The third kappa shape index (κ3) is 3.86. The van der Waals surface area contributed by atoms with Gasteiger partial charge in [0.2, 0.25) is 5.91 Å². The van der Waals surface area contributed by atoms with E-state index < -0.39 is 5.91 Å². The molecule has 0 saturated carbocycles. The van der Waals surface area contributed by atoms with Gasteiger partial charge >= 0.3 is 0 Å². The highest BCUT2D eigenvalue weighted by Gasteiger charge is 2.19. The number of carbonyl (C=O) groups excluding carboxylic acids is 2. The number of anilines is 1. The van der Waals surface area contributed by atoms with Crippen LogP contribution in [0.5, 0.6) is 0 Å². The summed E-state index contributed by atoms with van der Waals surface area (Å²) in [7, 11) is 1.84. The maximum atomic E-state index is 12.1. The molecule has 25 heavy (non-hydrogen) atoms. The van der Waals surface area contributed by atoms with Gasteiger partial charge in [0.1, 0.15) is 0 Å². The minimum atomic E-state index is -0.769. The largest absolute Gasteiger partial charge is 0.364 e. The van der Waals surface area contributed by atoms with Crippen LogP contribution in [0.3, 0.4) is 0 Å². The van der Waals surface area contributed by atoms with E-state index >= 15 is 0 Å². The number of nitrogens with two attached hydrogens (primary N) is 1. The first-order chi connectivity index (χ1) is 12.0. The predicted octanol–water partition coefficient (Wildman–Crippen LogP) is 0.830. The molecule has 3 rings (SSSR count). The second kappa shape index (κ2) is 7.18. The van der Waals surface area contributed by atoms with Gasteiger partial charge in [-0.3, -0.25) is 9.59 Å². The minimum Gasteiger partial charge on any atom is -0.364 e. The van der Waals surface area contributed by atoms with Crippen molar-refractivity contribution in [3.05, 3.63) is 48.4 Å². The SMILES string of the molecule is Cn1ccnc1SCC(=O)Nc1nn(-c2ccccc2)nc1C(N)=O. The maximum Gasteiger partial charge on any atom is 0.273 e. The van der Waals surface area contributed by atoms with E-state index in [-0.39, 0.29) is 23.2 Å². The molecule has 0 radical (unpaired) electrons. The van der Waals surface area contributed by atoms with Crippen LogP contribution in [0, 0.1) is 0 Å². The monoisotopic (exact) mass is 357 g/mol. The van der Waals surface area contributed by atoms with Gasteiger partial charge in [-0.2, -0.15) is 0 Å². The van der Waals surface area contributed by atoms with Crippen LogP contribution in [0.4, 0.5) is 5.82 Å². The van der Waals surface area contributed by atoms with Crippen molar-refractivity contribution < 1.29 is 9.59 Å². The summed E-state index contributed by atoms with van der Waals surface area (Å²) in [5.74, 6) is -0.965. The van der Waals surface area contributed by atoms with E-state index in [9.17, 15) is 9.59 Å². The van der Waals surface area contributed by atoms with Gasteiger partial charge in [0.25, 0.3) is 5.91 Å². The van der Waals surface area contributed by atoms with Gasteiger partial charge in [0, 0.05) is 19.4 Å². The lowest BCUT2D eigenvalue weighted by Crippen LogP contribution is -2.19. The Morgan fingerprint density at radius 2 is 2.00 bits per heavy atom. The van der Waals surface area contributed by atoms with E-state index in [1.807, 2.05) is 25.2 Å². The molecule has 0 aliphatic heterocycles. The molecule has 2 aromatic heterocycles. The number of benzene rings is 1. The number of imidazole rings is 1. The van der Waals surface area contributed by atoms with Crippen LogP contribution in [0.15, 0.2) is 47.9 Å². The molecule has 0 fully saturated rings. The lowest BCUT2D eigenvalue weighted by molar-refractivity contribution is -0.113. The summed E-state index contributed by atoms with van der Waals surface area (Å²) in [4.78, 5) is 29.1. The van der Waals surface area contributed by atoms with Crippen LogP contribution in [-0.2, 0) is 11.8 Å². The van der Waals surface area contributed by atoms with Crippen molar-refractivity contribution in [2.45, 2.75) is 5.16 Å². The van der Waals surface area contributed by atoms with Crippen molar-refractivity contribution in [2.75, 3.05) is 11.1 Å². The third-order valence-corrected chi connectivity index (χ3v) is 4.26. The van der Waals surface area contributed by atoms with Gasteiger partial charge in [-0.1, -0.05) is 30.0 Å². The molecule has 1 aromatic carbocycles. The number of aromatic nitrogens is 5. The first kappa shape index (κ1) is 16.7. The topological polar surface area (TPSA) is 121 Å². The van der Waals surface area contributed by atoms with Crippen molar-refractivity contribution in [1.29, 1.82) is 0 Å². The summed E-state index contributed by atoms with van der Waals surface area (Å²) in [5.41, 5.74) is 5.88. The minimum absolute atomic E-state index is 0.0294. The maximum absolute atomic E-state index is 12.1. The summed E-state index contributed by atoms with van der Waals surface area (Å²) in [6.07, 6.45) is 3.44. The smallest absolute Gasteiger partial charge is 0.273 e. The number of hydrogen-bond donors (Lipinski definition) is 2. The van der Waals surface area contributed by atoms with Gasteiger partial charge in [-0.05, 0) is 12.1 Å². The Morgan fingerprint density at radius 3 is 2.64 bits per heavy atom. The van der Waals surface area contributed by atoms with E-state index in [1.165, 1.54) is 16.6 Å². The summed E-state index contributed by atoms with van der Waals surface area (Å²) in [6, 6.07) is 9.01. The molecule has 0 unspecified atom stereocenters. The molecule has 0 aliphatic carbocycles. The third-order valence-electron chi connectivity index (χ3n) is 3.20. The molecule has 0 saturated heterocycles. The second-order valence-electron chi connectivity index (χ2n) is 5.04. The number of para-hydroxylation sites is 1. The van der Waals surface area contributed by atoms with Crippen molar-refractivity contribution in [3.63, 3.8) is 0 Å². The molecule has 3 N–H and O–H groups in total. The molecule has 0 atom stereocenters. The Labute approximate surface area is 147 Å². The van der Waals surface area contributed by atoms with Crippen LogP contribution >= 0.6 is 11.8 Å². The normalized spacial score (nSPS) is 10.6. The molecule has 0 bridgehead atoms. The molecular formula is C15H15N7O2S. The number of carbonyl (C=O) groups is 2. The van der Waals surface area contributed by atoms with E-state index in [0.717, 1.165) is 0 Å². The number of thioether (sulfide) groups is 1. The summed E-state index contributed by atoms with van der Waals surface area (Å²) < 4.78 is 1.80.